The number of carbonyl (C=O) groups excluding carboxylic acids is 1. The van der Waals surface area contributed by atoms with Crippen LogP contribution < -0.4 is 11.1 Å². The minimum Gasteiger partial charge on any atom is -0.385 e. The van der Waals surface area contributed by atoms with Gasteiger partial charge in [-0.1, -0.05) is 0 Å². The monoisotopic (exact) mass is 231 g/mol. The number of halogens is 2. The van der Waals surface area contributed by atoms with Crippen molar-refractivity contribution in [3.8, 4) is 0 Å². The SMILES string of the molecule is NC(=O)c1cc(NCC(O)C(F)F)ccn1. The van der Waals surface area contributed by atoms with Gasteiger partial charge in [0.05, 0.1) is 0 Å². The molecule has 0 aromatic carbocycles. The molecule has 5 nitrogen and oxygen atoms in total. The van der Waals surface area contributed by atoms with E-state index in [9.17, 15) is 13.6 Å². The summed E-state index contributed by atoms with van der Waals surface area (Å²) in [6, 6.07) is 2.80. The lowest BCUT2D eigenvalue weighted by atomic mass is 10.3. The van der Waals surface area contributed by atoms with Gasteiger partial charge in [-0.25, -0.2) is 8.78 Å². The fourth-order valence-corrected chi connectivity index (χ4v) is 0.987. The van der Waals surface area contributed by atoms with Crippen molar-refractivity contribution in [2.24, 2.45) is 5.73 Å². The van der Waals surface area contributed by atoms with Gasteiger partial charge in [-0.2, -0.15) is 0 Å². The number of nitrogens with two attached hydrogens (primary N) is 1. The van der Waals surface area contributed by atoms with E-state index in [1.54, 1.807) is 0 Å². The van der Waals surface area contributed by atoms with Crippen molar-refractivity contribution >= 4 is 11.6 Å². The molecule has 16 heavy (non-hydrogen) atoms. The van der Waals surface area contributed by atoms with E-state index >= 15 is 0 Å². The van der Waals surface area contributed by atoms with E-state index < -0.39 is 18.4 Å². The van der Waals surface area contributed by atoms with E-state index in [0.29, 0.717) is 5.69 Å². The number of aromatic nitrogens is 1. The molecule has 88 valence electrons. The van der Waals surface area contributed by atoms with Crippen LogP contribution in [0, 0.1) is 0 Å². The molecule has 0 spiro atoms. The number of anilines is 1. The Kier molecular flexibility index (Phi) is 4.12. The zero-order chi connectivity index (χ0) is 12.1. The maximum Gasteiger partial charge on any atom is 0.267 e. The van der Waals surface area contributed by atoms with Crippen molar-refractivity contribution in [2.45, 2.75) is 12.5 Å². The molecule has 1 aromatic rings. The smallest absolute Gasteiger partial charge is 0.267 e. The van der Waals surface area contributed by atoms with Gasteiger partial charge in [0.25, 0.3) is 12.3 Å². The second-order valence-corrected chi connectivity index (χ2v) is 3.08. The lowest BCUT2D eigenvalue weighted by Gasteiger charge is -2.11. The van der Waals surface area contributed by atoms with Crippen molar-refractivity contribution in [2.75, 3.05) is 11.9 Å². The highest BCUT2D eigenvalue weighted by atomic mass is 19.3. The summed E-state index contributed by atoms with van der Waals surface area (Å²) >= 11 is 0. The number of nitrogens with one attached hydrogen (secondary N) is 1. The fraction of sp³-hybridized carbons (Fsp3) is 0.333. The van der Waals surface area contributed by atoms with Gasteiger partial charge in [-0.05, 0) is 12.1 Å². The first-order valence-electron chi connectivity index (χ1n) is 4.46. The van der Waals surface area contributed by atoms with E-state index in [0.717, 1.165) is 0 Å². The molecule has 1 amide bonds. The molecule has 1 unspecified atom stereocenters. The highest BCUT2D eigenvalue weighted by Gasteiger charge is 2.16. The minimum absolute atomic E-state index is 0.0246. The summed E-state index contributed by atoms with van der Waals surface area (Å²) < 4.78 is 23.9. The van der Waals surface area contributed by atoms with Crippen LogP contribution >= 0.6 is 0 Å². The van der Waals surface area contributed by atoms with Gasteiger partial charge in [0.2, 0.25) is 0 Å². The molecule has 0 aliphatic rings. The molecule has 7 heteroatoms. The van der Waals surface area contributed by atoms with Crippen molar-refractivity contribution in [3.63, 3.8) is 0 Å². The zero-order valence-corrected chi connectivity index (χ0v) is 8.23. The Morgan fingerprint density at radius 1 is 1.62 bits per heavy atom. The lowest BCUT2D eigenvalue weighted by molar-refractivity contribution is 0.00384. The summed E-state index contributed by atoms with van der Waals surface area (Å²) in [5.41, 5.74) is 5.40. The number of aliphatic hydroxyl groups is 1. The van der Waals surface area contributed by atoms with Crippen molar-refractivity contribution in [1.29, 1.82) is 0 Å². The van der Waals surface area contributed by atoms with Crippen molar-refractivity contribution < 1.29 is 18.7 Å². The summed E-state index contributed by atoms with van der Waals surface area (Å²) in [6.07, 6.45) is -3.26. The summed E-state index contributed by atoms with van der Waals surface area (Å²) in [5.74, 6) is -0.710. The fourth-order valence-electron chi connectivity index (χ4n) is 0.987. The third kappa shape index (κ3) is 3.43. The summed E-state index contributed by atoms with van der Waals surface area (Å²) in [7, 11) is 0. The molecular weight excluding hydrogens is 220 g/mol. The number of hydrogen-bond acceptors (Lipinski definition) is 4. The molecule has 0 aliphatic carbocycles. The second kappa shape index (κ2) is 5.36. The molecule has 0 radical (unpaired) electrons. The second-order valence-electron chi connectivity index (χ2n) is 3.08. The molecule has 4 N–H and O–H groups in total. The molecular formula is C9H11F2N3O2. The highest BCUT2D eigenvalue weighted by molar-refractivity contribution is 5.91. The first-order valence-corrected chi connectivity index (χ1v) is 4.46. The van der Waals surface area contributed by atoms with E-state index in [1.807, 2.05) is 0 Å². The maximum absolute atomic E-state index is 12.0. The number of rotatable bonds is 5. The van der Waals surface area contributed by atoms with Crippen LogP contribution in [-0.4, -0.2) is 35.1 Å². The normalized spacial score (nSPS) is 12.5. The number of alkyl halides is 2. The number of nitrogens with zero attached hydrogens (tertiary/aromatic N) is 1. The predicted octanol–water partition coefficient (Wildman–Crippen LogP) is 0.218. The standard InChI is InChI=1S/C9H11F2N3O2/c10-8(11)7(15)4-14-5-1-2-13-6(3-5)9(12)16/h1-3,7-8,15H,4H2,(H2,12,16)(H,13,14). The van der Waals surface area contributed by atoms with Crippen molar-refractivity contribution in [3.05, 3.63) is 24.0 Å². The summed E-state index contributed by atoms with van der Waals surface area (Å²) in [6.45, 7) is -0.320. The molecule has 0 saturated carbocycles. The van der Waals surface area contributed by atoms with Gasteiger partial charge in [-0.3, -0.25) is 9.78 Å². The highest BCUT2D eigenvalue weighted by Crippen LogP contribution is 2.09. The number of amides is 1. The molecule has 0 bridgehead atoms. The topological polar surface area (TPSA) is 88.2 Å². The van der Waals surface area contributed by atoms with E-state index in [1.165, 1.54) is 18.3 Å². The van der Waals surface area contributed by atoms with Crippen molar-refractivity contribution in [1.82, 2.24) is 4.98 Å². The molecule has 0 saturated heterocycles. The van der Waals surface area contributed by atoms with Crippen LogP contribution in [-0.2, 0) is 0 Å². The Morgan fingerprint density at radius 3 is 2.88 bits per heavy atom. The number of primary amides is 1. The zero-order valence-electron chi connectivity index (χ0n) is 8.23. The maximum atomic E-state index is 12.0. The Labute approximate surface area is 90.3 Å². The third-order valence-electron chi connectivity index (χ3n) is 1.82. The van der Waals surface area contributed by atoms with E-state index in [4.69, 9.17) is 10.8 Å². The quantitative estimate of drug-likeness (QED) is 0.676. The first-order chi connectivity index (χ1) is 7.50. The molecule has 1 atom stereocenters. The molecule has 0 aliphatic heterocycles. The third-order valence-corrected chi connectivity index (χ3v) is 1.82. The minimum atomic E-state index is -2.81. The Hall–Kier alpha value is -1.76. The molecule has 1 rings (SSSR count). The van der Waals surface area contributed by atoms with Gasteiger partial charge < -0.3 is 16.2 Å². The molecule has 1 aromatic heterocycles. The van der Waals surface area contributed by atoms with Crippen LogP contribution in [0.5, 0.6) is 0 Å². The Morgan fingerprint density at radius 2 is 2.31 bits per heavy atom. The first kappa shape index (κ1) is 12.3. The number of pyridine rings is 1. The van der Waals surface area contributed by atoms with Gasteiger partial charge in [0.15, 0.2) is 0 Å². The predicted molar refractivity (Wildman–Crippen MR) is 53.3 cm³/mol. The van der Waals surface area contributed by atoms with Crippen LogP contribution in [0.1, 0.15) is 10.5 Å². The van der Waals surface area contributed by atoms with Gasteiger partial charge >= 0.3 is 0 Å². The average molecular weight is 231 g/mol. The van der Waals surface area contributed by atoms with E-state index in [2.05, 4.69) is 10.3 Å². The average Bonchev–Trinajstić information content (AvgIpc) is 2.26. The number of hydrogen-bond donors (Lipinski definition) is 3. The van der Waals surface area contributed by atoms with Crippen LogP contribution in [0.4, 0.5) is 14.5 Å². The largest absolute Gasteiger partial charge is 0.385 e. The van der Waals surface area contributed by atoms with E-state index in [-0.39, 0.29) is 12.2 Å². The Bertz CT molecular complexity index is 374. The lowest BCUT2D eigenvalue weighted by Crippen LogP contribution is -2.26. The summed E-state index contributed by atoms with van der Waals surface area (Å²) in [5, 5.41) is 11.4. The molecule has 0 fully saturated rings. The van der Waals surface area contributed by atoms with Crippen LogP contribution in [0.3, 0.4) is 0 Å². The van der Waals surface area contributed by atoms with Gasteiger partial charge in [0, 0.05) is 18.4 Å². The Balaban J connectivity index is 2.61. The van der Waals surface area contributed by atoms with Crippen LogP contribution in [0.2, 0.25) is 0 Å². The van der Waals surface area contributed by atoms with Crippen LogP contribution in [0.25, 0.3) is 0 Å². The van der Waals surface area contributed by atoms with Gasteiger partial charge in [0.1, 0.15) is 11.8 Å². The number of carbonyl (C=O) groups is 1. The number of aliphatic hydroxyl groups excluding tert-OH is 1. The van der Waals surface area contributed by atoms with Crippen LogP contribution in [0.15, 0.2) is 18.3 Å². The van der Waals surface area contributed by atoms with Gasteiger partial charge in [-0.15, -0.1) is 0 Å². The molecule has 1 heterocycles. The summed E-state index contributed by atoms with van der Waals surface area (Å²) in [4.78, 5) is 14.4.